The number of benzene rings is 1. The highest BCUT2D eigenvalue weighted by Gasteiger charge is 2.11. The SMILES string of the molecule is CCC(N)c1ccccc1Sc1cc(C)nn1C. The minimum atomic E-state index is 0.100. The zero-order valence-electron chi connectivity index (χ0n) is 11.1. The third kappa shape index (κ3) is 2.76. The lowest BCUT2D eigenvalue weighted by atomic mass is 10.1. The Labute approximate surface area is 112 Å². The Morgan fingerprint density at radius 2 is 2.11 bits per heavy atom. The number of nitrogens with two attached hydrogens (primary N) is 1. The van der Waals surface area contributed by atoms with E-state index in [1.165, 1.54) is 10.5 Å². The zero-order valence-corrected chi connectivity index (χ0v) is 11.9. The van der Waals surface area contributed by atoms with Crippen molar-refractivity contribution in [3.8, 4) is 0 Å². The van der Waals surface area contributed by atoms with Gasteiger partial charge in [-0.05, 0) is 31.0 Å². The van der Waals surface area contributed by atoms with Gasteiger partial charge in [0, 0.05) is 18.0 Å². The maximum atomic E-state index is 6.16. The van der Waals surface area contributed by atoms with Gasteiger partial charge < -0.3 is 5.73 Å². The summed E-state index contributed by atoms with van der Waals surface area (Å²) in [7, 11) is 1.97. The van der Waals surface area contributed by atoms with E-state index in [1.807, 2.05) is 24.7 Å². The molecule has 1 aromatic heterocycles. The van der Waals surface area contributed by atoms with Gasteiger partial charge in [0.1, 0.15) is 0 Å². The molecule has 1 heterocycles. The van der Waals surface area contributed by atoms with Crippen LogP contribution in [0.2, 0.25) is 0 Å². The molecule has 0 saturated carbocycles. The largest absolute Gasteiger partial charge is 0.324 e. The summed E-state index contributed by atoms with van der Waals surface area (Å²) < 4.78 is 1.91. The van der Waals surface area contributed by atoms with Crippen LogP contribution in [-0.2, 0) is 7.05 Å². The average Bonchev–Trinajstić information content (AvgIpc) is 2.67. The predicted octanol–water partition coefficient (Wildman–Crippen LogP) is 3.29. The second-order valence-corrected chi connectivity index (χ2v) is 5.46. The Kier molecular flexibility index (Phi) is 4.09. The first-order chi connectivity index (χ1) is 8.61. The van der Waals surface area contributed by atoms with Crippen LogP contribution in [-0.4, -0.2) is 9.78 Å². The fraction of sp³-hybridized carbons (Fsp3) is 0.357. The lowest BCUT2D eigenvalue weighted by Crippen LogP contribution is -2.09. The molecule has 4 heteroatoms. The Morgan fingerprint density at radius 3 is 2.72 bits per heavy atom. The number of rotatable bonds is 4. The number of hydrogen-bond acceptors (Lipinski definition) is 3. The highest BCUT2D eigenvalue weighted by Crippen LogP contribution is 2.33. The number of aromatic nitrogens is 2. The second kappa shape index (κ2) is 5.59. The topological polar surface area (TPSA) is 43.8 Å². The van der Waals surface area contributed by atoms with Crippen LogP contribution in [0, 0.1) is 6.92 Å². The molecule has 96 valence electrons. The Morgan fingerprint density at radius 1 is 1.39 bits per heavy atom. The van der Waals surface area contributed by atoms with E-state index in [9.17, 15) is 0 Å². The number of hydrogen-bond donors (Lipinski definition) is 1. The van der Waals surface area contributed by atoms with E-state index in [2.05, 4.69) is 36.3 Å². The van der Waals surface area contributed by atoms with Crippen LogP contribution in [0.15, 0.2) is 40.3 Å². The molecule has 0 aliphatic heterocycles. The van der Waals surface area contributed by atoms with Gasteiger partial charge in [0.15, 0.2) is 0 Å². The van der Waals surface area contributed by atoms with Crippen molar-refractivity contribution in [2.75, 3.05) is 0 Å². The van der Waals surface area contributed by atoms with Crippen molar-refractivity contribution in [2.45, 2.75) is 36.2 Å². The molecule has 2 rings (SSSR count). The molecule has 0 aliphatic carbocycles. The van der Waals surface area contributed by atoms with E-state index in [0.29, 0.717) is 0 Å². The normalized spacial score (nSPS) is 12.7. The molecule has 0 radical (unpaired) electrons. The third-order valence-corrected chi connectivity index (χ3v) is 4.11. The Bertz CT molecular complexity index is 534. The molecule has 0 amide bonds. The van der Waals surface area contributed by atoms with Crippen molar-refractivity contribution in [3.63, 3.8) is 0 Å². The van der Waals surface area contributed by atoms with E-state index >= 15 is 0 Å². The number of nitrogens with zero attached hydrogens (tertiary/aromatic N) is 2. The van der Waals surface area contributed by atoms with Gasteiger partial charge in [-0.25, -0.2) is 0 Å². The van der Waals surface area contributed by atoms with Crippen LogP contribution >= 0.6 is 11.8 Å². The fourth-order valence-electron chi connectivity index (χ4n) is 1.89. The van der Waals surface area contributed by atoms with Gasteiger partial charge in [-0.3, -0.25) is 4.68 Å². The third-order valence-electron chi connectivity index (χ3n) is 2.93. The highest BCUT2D eigenvalue weighted by atomic mass is 32.2. The summed E-state index contributed by atoms with van der Waals surface area (Å²) in [6.07, 6.45) is 0.946. The van der Waals surface area contributed by atoms with Gasteiger partial charge in [-0.15, -0.1) is 0 Å². The van der Waals surface area contributed by atoms with Crippen LogP contribution in [0.3, 0.4) is 0 Å². The van der Waals surface area contributed by atoms with Crippen molar-refractivity contribution in [1.29, 1.82) is 0 Å². The molecule has 0 bridgehead atoms. The summed E-state index contributed by atoms with van der Waals surface area (Å²) >= 11 is 1.73. The van der Waals surface area contributed by atoms with E-state index in [4.69, 9.17) is 5.73 Å². The molecule has 18 heavy (non-hydrogen) atoms. The van der Waals surface area contributed by atoms with Gasteiger partial charge in [-0.1, -0.05) is 36.9 Å². The van der Waals surface area contributed by atoms with Crippen LogP contribution in [0.25, 0.3) is 0 Å². The maximum Gasteiger partial charge on any atom is 0.0987 e. The smallest absolute Gasteiger partial charge is 0.0987 e. The van der Waals surface area contributed by atoms with Gasteiger partial charge >= 0.3 is 0 Å². The molecule has 1 atom stereocenters. The molecule has 0 spiro atoms. The van der Waals surface area contributed by atoms with E-state index in [0.717, 1.165) is 17.1 Å². The van der Waals surface area contributed by atoms with E-state index in [-0.39, 0.29) is 6.04 Å². The second-order valence-electron chi connectivity index (χ2n) is 4.40. The number of aryl methyl sites for hydroxylation is 2. The molecule has 0 aliphatic rings. The first-order valence-electron chi connectivity index (χ1n) is 6.14. The van der Waals surface area contributed by atoms with Crippen molar-refractivity contribution in [2.24, 2.45) is 12.8 Å². The summed E-state index contributed by atoms with van der Waals surface area (Å²) in [5, 5.41) is 5.51. The quantitative estimate of drug-likeness (QED) is 0.918. The molecule has 3 nitrogen and oxygen atoms in total. The van der Waals surface area contributed by atoms with Crippen LogP contribution in [0.4, 0.5) is 0 Å². The molecular weight excluding hydrogens is 242 g/mol. The van der Waals surface area contributed by atoms with Crippen LogP contribution < -0.4 is 5.73 Å². The Balaban J connectivity index is 2.31. The van der Waals surface area contributed by atoms with Gasteiger partial charge in [-0.2, -0.15) is 5.10 Å². The molecule has 1 unspecified atom stereocenters. The molecule has 0 saturated heterocycles. The van der Waals surface area contributed by atoms with Crippen LogP contribution in [0.5, 0.6) is 0 Å². The lowest BCUT2D eigenvalue weighted by molar-refractivity contribution is 0.681. The molecule has 2 aromatic rings. The summed E-state index contributed by atoms with van der Waals surface area (Å²) in [6.45, 7) is 4.12. The van der Waals surface area contributed by atoms with E-state index < -0.39 is 0 Å². The van der Waals surface area contributed by atoms with E-state index in [1.54, 1.807) is 11.8 Å². The summed E-state index contributed by atoms with van der Waals surface area (Å²) in [4.78, 5) is 1.22. The lowest BCUT2D eigenvalue weighted by Gasteiger charge is -2.14. The summed E-state index contributed by atoms with van der Waals surface area (Å²) in [5.41, 5.74) is 8.41. The molecular formula is C14H19N3S. The standard InChI is InChI=1S/C14H19N3S/c1-4-12(15)11-7-5-6-8-13(11)18-14-9-10(2)16-17(14)3/h5-9,12H,4,15H2,1-3H3. The predicted molar refractivity (Wildman–Crippen MR) is 75.7 cm³/mol. The zero-order chi connectivity index (χ0) is 13.1. The Hall–Kier alpha value is -1.26. The van der Waals surface area contributed by atoms with Crippen molar-refractivity contribution in [1.82, 2.24) is 9.78 Å². The average molecular weight is 261 g/mol. The first-order valence-corrected chi connectivity index (χ1v) is 6.96. The minimum Gasteiger partial charge on any atom is -0.324 e. The summed E-state index contributed by atoms with van der Waals surface area (Å²) in [6, 6.07) is 10.5. The van der Waals surface area contributed by atoms with Crippen molar-refractivity contribution < 1.29 is 0 Å². The van der Waals surface area contributed by atoms with Gasteiger partial charge in [0.25, 0.3) is 0 Å². The van der Waals surface area contributed by atoms with Gasteiger partial charge in [0.05, 0.1) is 10.7 Å². The fourth-order valence-corrected chi connectivity index (χ4v) is 3.01. The van der Waals surface area contributed by atoms with Crippen LogP contribution in [0.1, 0.15) is 30.6 Å². The van der Waals surface area contributed by atoms with Crippen molar-refractivity contribution >= 4 is 11.8 Å². The molecule has 1 aromatic carbocycles. The summed E-state index contributed by atoms with van der Waals surface area (Å²) in [5.74, 6) is 0. The molecule has 0 fully saturated rings. The first kappa shape index (κ1) is 13.2. The highest BCUT2D eigenvalue weighted by molar-refractivity contribution is 7.99. The van der Waals surface area contributed by atoms with Gasteiger partial charge in [0.2, 0.25) is 0 Å². The van der Waals surface area contributed by atoms with Crippen molar-refractivity contribution in [3.05, 3.63) is 41.6 Å². The minimum absolute atomic E-state index is 0.100. The maximum absolute atomic E-state index is 6.16. The monoisotopic (exact) mass is 261 g/mol. The molecule has 2 N–H and O–H groups in total.